The summed E-state index contributed by atoms with van der Waals surface area (Å²) in [5, 5.41) is 0. The van der Waals surface area contributed by atoms with Gasteiger partial charge in [0.2, 0.25) is 0 Å². The van der Waals surface area contributed by atoms with Crippen molar-refractivity contribution in [2.24, 2.45) is 17.8 Å². The van der Waals surface area contributed by atoms with Crippen LogP contribution in [-0.4, -0.2) is 36.7 Å². The first-order valence-electron chi connectivity index (χ1n) is 9.56. The molecule has 1 aliphatic heterocycles. The van der Waals surface area contributed by atoms with Gasteiger partial charge in [-0.3, -0.25) is 9.59 Å². The third-order valence-electron chi connectivity index (χ3n) is 5.29. The van der Waals surface area contributed by atoms with Gasteiger partial charge < -0.3 is 14.2 Å². The molecule has 0 N–H and O–H groups in total. The SMILES string of the molecule is C=C1C(=O)O[C@@H]2CC(C)=C([C@@H](C)CCCOC(C)=O)[C@@H](OC(=O)C(C)C)[C@H]12. The molecule has 0 aromatic heterocycles. The molecule has 6 heteroatoms. The van der Waals surface area contributed by atoms with Crippen LogP contribution in [0.1, 0.15) is 53.9 Å². The quantitative estimate of drug-likeness (QED) is 0.222. The van der Waals surface area contributed by atoms with Crippen molar-refractivity contribution in [3.63, 3.8) is 0 Å². The first kappa shape index (κ1) is 21.2. The molecule has 2 aliphatic rings. The number of esters is 3. The number of ether oxygens (including phenoxy) is 3. The molecule has 1 aliphatic carbocycles. The lowest BCUT2D eigenvalue weighted by atomic mass is 9.73. The van der Waals surface area contributed by atoms with E-state index in [4.69, 9.17) is 14.2 Å². The van der Waals surface area contributed by atoms with Crippen LogP contribution in [0.5, 0.6) is 0 Å². The summed E-state index contributed by atoms with van der Waals surface area (Å²) < 4.78 is 16.3. The van der Waals surface area contributed by atoms with Crippen molar-refractivity contribution < 1.29 is 28.6 Å². The first-order valence-corrected chi connectivity index (χ1v) is 9.56. The average molecular weight is 378 g/mol. The fourth-order valence-corrected chi connectivity index (χ4v) is 3.91. The maximum absolute atomic E-state index is 12.3. The highest BCUT2D eigenvalue weighted by molar-refractivity contribution is 5.91. The summed E-state index contributed by atoms with van der Waals surface area (Å²) in [5.74, 6) is -1.49. The number of hydrogen-bond donors (Lipinski definition) is 0. The number of hydrogen-bond acceptors (Lipinski definition) is 6. The van der Waals surface area contributed by atoms with Crippen LogP contribution in [0.4, 0.5) is 0 Å². The van der Waals surface area contributed by atoms with E-state index in [-0.39, 0.29) is 35.8 Å². The molecule has 0 amide bonds. The number of rotatable bonds is 7. The summed E-state index contributed by atoms with van der Waals surface area (Å²) in [7, 11) is 0. The highest BCUT2D eigenvalue weighted by Gasteiger charge is 2.50. The lowest BCUT2D eigenvalue weighted by molar-refractivity contribution is -0.155. The number of carbonyl (C=O) groups excluding carboxylic acids is 3. The third-order valence-corrected chi connectivity index (χ3v) is 5.29. The van der Waals surface area contributed by atoms with Crippen LogP contribution >= 0.6 is 0 Å². The summed E-state index contributed by atoms with van der Waals surface area (Å²) in [6.07, 6.45) is 1.25. The normalized spacial score (nSPS) is 25.9. The van der Waals surface area contributed by atoms with E-state index in [0.29, 0.717) is 25.0 Å². The summed E-state index contributed by atoms with van der Waals surface area (Å²) in [5.41, 5.74) is 2.49. The summed E-state index contributed by atoms with van der Waals surface area (Å²) in [6, 6.07) is 0. The molecular weight excluding hydrogens is 348 g/mol. The van der Waals surface area contributed by atoms with Gasteiger partial charge in [0, 0.05) is 18.9 Å². The fraction of sp³-hybridized carbons (Fsp3) is 0.667. The Morgan fingerprint density at radius 1 is 1.30 bits per heavy atom. The maximum atomic E-state index is 12.3. The van der Waals surface area contributed by atoms with Gasteiger partial charge in [-0.1, -0.05) is 32.9 Å². The second-order valence-corrected chi connectivity index (χ2v) is 7.83. The van der Waals surface area contributed by atoms with Gasteiger partial charge in [-0.2, -0.15) is 0 Å². The van der Waals surface area contributed by atoms with Gasteiger partial charge in [0.25, 0.3) is 0 Å². The van der Waals surface area contributed by atoms with Crippen LogP contribution in [0.2, 0.25) is 0 Å². The predicted octanol–water partition coefficient (Wildman–Crippen LogP) is 3.35. The smallest absolute Gasteiger partial charge is 0.334 e. The Morgan fingerprint density at radius 2 is 1.96 bits per heavy atom. The zero-order valence-corrected chi connectivity index (χ0v) is 16.9. The largest absolute Gasteiger partial charge is 0.466 e. The van der Waals surface area contributed by atoms with Crippen molar-refractivity contribution in [1.29, 1.82) is 0 Å². The van der Waals surface area contributed by atoms with E-state index in [1.807, 2.05) is 6.92 Å². The van der Waals surface area contributed by atoms with Gasteiger partial charge in [0.15, 0.2) is 0 Å². The van der Waals surface area contributed by atoms with Crippen molar-refractivity contribution in [1.82, 2.24) is 0 Å². The Balaban J connectivity index is 2.23. The van der Waals surface area contributed by atoms with Gasteiger partial charge >= 0.3 is 17.9 Å². The van der Waals surface area contributed by atoms with Crippen molar-refractivity contribution in [3.05, 3.63) is 23.3 Å². The van der Waals surface area contributed by atoms with Crippen molar-refractivity contribution >= 4 is 17.9 Å². The van der Waals surface area contributed by atoms with Crippen LogP contribution in [0.15, 0.2) is 23.3 Å². The zero-order chi connectivity index (χ0) is 20.3. The highest BCUT2D eigenvalue weighted by atomic mass is 16.6. The number of fused-ring (bicyclic) bond motifs is 1. The lowest BCUT2D eigenvalue weighted by Gasteiger charge is -2.37. The van der Waals surface area contributed by atoms with E-state index in [1.54, 1.807) is 13.8 Å². The van der Waals surface area contributed by atoms with Crippen molar-refractivity contribution in [2.75, 3.05) is 6.61 Å². The van der Waals surface area contributed by atoms with Crippen LogP contribution in [0.25, 0.3) is 0 Å². The first-order chi connectivity index (χ1) is 12.6. The highest BCUT2D eigenvalue weighted by Crippen LogP contribution is 2.45. The van der Waals surface area contributed by atoms with Crippen LogP contribution in [0.3, 0.4) is 0 Å². The molecule has 1 saturated heterocycles. The standard InChI is InChI=1S/C21H30O6/c1-11(2)20(23)27-19-17(12(3)8-7-9-25-15(6)22)13(4)10-16-18(19)14(5)21(24)26-16/h11-12,16,18-19H,5,7-10H2,1-4,6H3/t12-,16+,18+,19+/m0/s1. The topological polar surface area (TPSA) is 78.9 Å². The maximum Gasteiger partial charge on any atom is 0.334 e. The molecule has 0 aromatic rings. The molecular formula is C21H30O6. The number of carbonyl (C=O) groups is 3. The van der Waals surface area contributed by atoms with Crippen molar-refractivity contribution in [3.8, 4) is 0 Å². The van der Waals surface area contributed by atoms with E-state index in [2.05, 4.69) is 13.5 Å². The molecule has 1 heterocycles. The van der Waals surface area contributed by atoms with Gasteiger partial charge in [-0.15, -0.1) is 0 Å². The van der Waals surface area contributed by atoms with E-state index in [0.717, 1.165) is 17.6 Å². The van der Waals surface area contributed by atoms with E-state index in [9.17, 15) is 14.4 Å². The second-order valence-electron chi connectivity index (χ2n) is 7.83. The zero-order valence-electron chi connectivity index (χ0n) is 16.9. The Bertz CT molecular complexity index is 660. The molecule has 4 atom stereocenters. The monoisotopic (exact) mass is 378 g/mol. The molecule has 2 rings (SSSR count). The van der Waals surface area contributed by atoms with Gasteiger partial charge in [-0.05, 0) is 31.3 Å². The summed E-state index contributed by atoms with van der Waals surface area (Å²) >= 11 is 0. The fourth-order valence-electron chi connectivity index (χ4n) is 3.91. The molecule has 150 valence electrons. The molecule has 27 heavy (non-hydrogen) atoms. The molecule has 0 spiro atoms. The summed E-state index contributed by atoms with van der Waals surface area (Å²) in [6.45, 7) is 13.3. The van der Waals surface area contributed by atoms with E-state index in [1.165, 1.54) is 6.92 Å². The molecule has 0 bridgehead atoms. The molecule has 1 fully saturated rings. The minimum Gasteiger partial charge on any atom is -0.466 e. The third kappa shape index (κ3) is 4.79. The minimum absolute atomic E-state index is 0.120. The molecule has 0 radical (unpaired) electrons. The molecule has 0 unspecified atom stereocenters. The Kier molecular flexibility index (Phi) is 6.84. The van der Waals surface area contributed by atoms with Gasteiger partial charge in [0.1, 0.15) is 12.2 Å². The predicted molar refractivity (Wildman–Crippen MR) is 99.6 cm³/mol. The lowest BCUT2D eigenvalue weighted by Crippen LogP contribution is -2.41. The summed E-state index contributed by atoms with van der Waals surface area (Å²) in [4.78, 5) is 35.3. The van der Waals surface area contributed by atoms with Crippen molar-refractivity contribution in [2.45, 2.75) is 66.1 Å². The minimum atomic E-state index is -0.540. The average Bonchev–Trinajstić information content (AvgIpc) is 2.85. The Morgan fingerprint density at radius 3 is 2.56 bits per heavy atom. The Hall–Kier alpha value is -2.11. The van der Waals surface area contributed by atoms with E-state index < -0.39 is 12.1 Å². The van der Waals surface area contributed by atoms with Crippen LogP contribution in [0, 0.1) is 17.8 Å². The second kappa shape index (κ2) is 8.72. The van der Waals surface area contributed by atoms with Gasteiger partial charge in [0.05, 0.1) is 18.4 Å². The molecule has 0 aromatic carbocycles. The molecule has 6 nitrogen and oxygen atoms in total. The molecule has 0 saturated carbocycles. The Labute approximate surface area is 160 Å². The van der Waals surface area contributed by atoms with Crippen LogP contribution in [-0.2, 0) is 28.6 Å². The van der Waals surface area contributed by atoms with E-state index >= 15 is 0 Å². The van der Waals surface area contributed by atoms with Crippen LogP contribution < -0.4 is 0 Å². The van der Waals surface area contributed by atoms with Gasteiger partial charge in [-0.25, -0.2) is 4.79 Å².